The Hall–Kier alpha value is 0.310. The predicted octanol–water partition coefficient (Wildman–Crippen LogP) is 2.17. The van der Waals surface area contributed by atoms with Gasteiger partial charge in [-0.15, -0.1) is 0 Å². The third-order valence-electron chi connectivity index (χ3n) is 1.78. The SMILES string of the molecule is CCC(C)(CC)SN. The molecule has 2 N–H and O–H groups in total. The highest BCUT2D eigenvalue weighted by Crippen LogP contribution is 2.26. The van der Waals surface area contributed by atoms with Crippen molar-refractivity contribution in [3.8, 4) is 0 Å². The summed E-state index contributed by atoms with van der Waals surface area (Å²) in [6.07, 6.45) is 2.31. The number of rotatable bonds is 3. The summed E-state index contributed by atoms with van der Waals surface area (Å²) in [5.74, 6) is 0. The summed E-state index contributed by atoms with van der Waals surface area (Å²) in [7, 11) is 0. The van der Waals surface area contributed by atoms with Crippen LogP contribution in [0.4, 0.5) is 0 Å². The largest absolute Gasteiger partial charge is 0.277 e. The second-order valence-electron chi connectivity index (χ2n) is 2.27. The van der Waals surface area contributed by atoms with Gasteiger partial charge in [-0.05, 0) is 19.8 Å². The molecule has 0 aromatic heterocycles. The molecule has 0 aromatic rings. The van der Waals surface area contributed by atoms with Crippen LogP contribution in [0.3, 0.4) is 0 Å². The van der Waals surface area contributed by atoms with Gasteiger partial charge in [0.1, 0.15) is 0 Å². The van der Waals surface area contributed by atoms with Crippen molar-refractivity contribution in [2.45, 2.75) is 38.4 Å². The molecule has 0 saturated carbocycles. The minimum Gasteiger partial charge on any atom is -0.277 e. The fourth-order valence-corrected chi connectivity index (χ4v) is 0.750. The first-order chi connectivity index (χ1) is 3.68. The lowest BCUT2D eigenvalue weighted by molar-refractivity contribution is 0.600. The van der Waals surface area contributed by atoms with Gasteiger partial charge in [-0.2, -0.15) is 0 Å². The van der Waals surface area contributed by atoms with E-state index in [1.807, 2.05) is 0 Å². The zero-order valence-electron chi connectivity index (χ0n) is 5.90. The van der Waals surface area contributed by atoms with Gasteiger partial charge in [0.2, 0.25) is 0 Å². The summed E-state index contributed by atoms with van der Waals surface area (Å²) in [4.78, 5) is 0. The first-order valence-corrected chi connectivity index (χ1v) is 3.94. The van der Waals surface area contributed by atoms with Crippen molar-refractivity contribution in [3.05, 3.63) is 0 Å². The molecule has 0 aromatic carbocycles. The molecule has 0 aliphatic carbocycles. The normalized spacial score (nSPS) is 12.0. The lowest BCUT2D eigenvalue weighted by atomic mass is 10.1. The van der Waals surface area contributed by atoms with Crippen molar-refractivity contribution in [3.63, 3.8) is 0 Å². The van der Waals surface area contributed by atoms with Crippen LogP contribution in [0.5, 0.6) is 0 Å². The molecule has 0 aliphatic rings. The molecule has 0 spiro atoms. The second-order valence-corrected chi connectivity index (χ2v) is 3.50. The molecule has 0 fully saturated rings. The van der Waals surface area contributed by atoms with E-state index in [0.29, 0.717) is 4.75 Å². The molecule has 0 aliphatic heterocycles. The highest BCUT2D eigenvalue weighted by Gasteiger charge is 2.17. The van der Waals surface area contributed by atoms with E-state index >= 15 is 0 Å². The maximum atomic E-state index is 5.44. The van der Waals surface area contributed by atoms with Crippen LogP contribution in [0, 0.1) is 0 Å². The van der Waals surface area contributed by atoms with Crippen molar-refractivity contribution in [1.82, 2.24) is 0 Å². The summed E-state index contributed by atoms with van der Waals surface area (Å²) in [5, 5.41) is 5.44. The van der Waals surface area contributed by atoms with Gasteiger partial charge >= 0.3 is 0 Å². The quantitative estimate of drug-likeness (QED) is 0.597. The van der Waals surface area contributed by atoms with Gasteiger partial charge in [0.25, 0.3) is 0 Å². The summed E-state index contributed by atoms with van der Waals surface area (Å²) < 4.78 is 0.319. The Balaban J connectivity index is 3.58. The van der Waals surface area contributed by atoms with Crippen molar-refractivity contribution >= 4 is 11.9 Å². The average molecular weight is 133 g/mol. The van der Waals surface area contributed by atoms with E-state index in [1.54, 1.807) is 0 Å². The number of hydrogen-bond acceptors (Lipinski definition) is 2. The Kier molecular flexibility index (Phi) is 3.49. The highest BCUT2D eigenvalue weighted by atomic mass is 32.2. The fraction of sp³-hybridized carbons (Fsp3) is 1.00. The van der Waals surface area contributed by atoms with E-state index in [0.717, 1.165) is 12.8 Å². The van der Waals surface area contributed by atoms with E-state index in [1.165, 1.54) is 11.9 Å². The molecule has 0 amide bonds. The molecular weight excluding hydrogens is 118 g/mol. The van der Waals surface area contributed by atoms with E-state index in [9.17, 15) is 0 Å². The van der Waals surface area contributed by atoms with E-state index < -0.39 is 0 Å². The summed E-state index contributed by atoms with van der Waals surface area (Å²) in [5.41, 5.74) is 0. The summed E-state index contributed by atoms with van der Waals surface area (Å²) in [6, 6.07) is 0. The van der Waals surface area contributed by atoms with E-state index in [-0.39, 0.29) is 0 Å². The lowest BCUT2D eigenvalue weighted by Crippen LogP contribution is -2.19. The standard InChI is InChI=1S/C6H15NS/c1-4-6(3,5-2)8-7/h4-5,7H2,1-3H3. The van der Waals surface area contributed by atoms with Crippen LogP contribution >= 0.6 is 11.9 Å². The summed E-state index contributed by atoms with van der Waals surface area (Å²) >= 11 is 1.47. The third-order valence-corrected chi connectivity index (χ3v) is 2.93. The molecule has 1 nitrogen and oxygen atoms in total. The molecule has 0 radical (unpaired) electrons. The third kappa shape index (κ3) is 2.05. The monoisotopic (exact) mass is 133 g/mol. The second kappa shape index (κ2) is 3.36. The molecule has 0 saturated heterocycles. The first-order valence-electron chi connectivity index (χ1n) is 3.06. The van der Waals surface area contributed by atoms with Crippen molar-refractivity contribution in [2.75, 3.05) is 0 Å². The van der Waals surface area contributed by atoms with Gasteiger partial charge in [0.15, 0.2) is 0 Å². The minimum atomic E-state index is 0.319. The van der Waals surface area contributed by atoms with Crippen LogP contribution in [-0.2, 0) is 0 Å². The molecule has 0 bridgehead atoms. The Morgan fingerprint density at radius 1 is 1.38 bits per heavy atom. The Morgan fingerprint density at radius 3 is 1.75 bits per heavy atom. The molecule has 0 unspecified atom stereocenters. The van der Waals surface area contributed by atoms with Crippen LogP contribution in [0.25, 0.3) is 0 Å². The van der Waals surface area contributed by atoms with E-state index in [4.69, 9.17) is 5.14 Å². The summed E-state index contributed by atoms with van der Waals surface area (Å²) in [6.45, 7) is 6.53. The average Bonchev–Trinajstić information content (AvgIpc) is 1.87. The predicted molar refractivity (Wildman–Crippen MR) is 40.8 cm³/mol. The van der Waals surface area contributed by atoms with Gasteiger partial charge in [-0.3, -0.25) is 5.14 Å². The van der Waals surface area contributed by atoms with Crippen molar-refractivity contribution in [2.24, 2.45) is 5.14 Å². The molecule has 0 rings (SSSR count). The molecule has 0 atom stereocenters. The van der Waals surface area contributed by atoms with Crippen LogP contribution in [-0.4, -0.2) is 4.75 Å². The van der Waals surface area contributed by atoms with Gasteiger partial charge < -0.3 is 0 Å². The first kappa shape index (κ1) is 8.31. The van der Waals surface area contributed by atoms with Crippen LogP contribution in [0.1, 0.15) is 33.6 Å². The zero-order chi connectivity index (χ0) is 6.62. The van der Waals surface area contributed by atoms with E-state index in [2.05, 4.69) is 20.8 Å². The Labute approximate surface area is 56.2 Å². The molecule has 50 valence electrons. The molecule has 8 heavy (non-hydrogen) atoms. The zero-order valence-corrected chi connectivity index (χ0v) is 6.72. The van der Waals surface area contributed by atoms with Gasteiger partial charge in [0, 0.05) is 4.75 Å². The smallest absolute Gasteiger partial charge is 0.0269 e. The van der Waals surface area contributed by atoms with Crippen LogP contribution < -0.4 is 5.14 Å². The molecular formula is C6H15NS. The number of nitrogens with two attached hydrogens (primary N) is 1. The highest BCUT2D eigenvalue weighted by molar-refractivity contribution is 7.98. The van der Waals surface area contributed by atoms with Crippen LogP contribution in [0.2, 0.25) is 0 Å². The molecule has 0 heterocycles. The Morgan fingerprint density at radius 2 is 1.75 bits per heavy atom. The van der Waals surface area contributed by atoms with Crippen molar-refractivity contribution < 1.29 is 0 Å². The van der Waals surface area contributed by atoms with Gasteiger partial charge in [-0.1, -0.05) is 25.8 Å². The maximum Gasteiger partial charge on any atom is 0.0269 e. The topological polar surface area (TPSA) is 26.0 Å². The number of hydrogen-bond donors (Lipinski definition) is 1. The maximum absolute atomic E-state index is 5.44. The fourth-order valence-electron chi connectivity index (χ4n) is 0.417. The van der Waals surface area contributed by atoms with Crippen molar-refractivity contribution in [1.29, 1.82) is 0 Å². The van der Waals surface area contributed by atoms with Gasteiger partial charge in [0.05, 0.1) is 0 Å². The van der Waals surface area contributed by atoms with Crippen LogP contribution in [0.15, 0.2) is 0 Å². The van der Waals surface area contributed by atoms with Gasteiger partial charge in [-0.25, -0.2) is 0 Å². The molecule has 2 heteroatoms. The lowest BCUT2D eigenvalue weighted by Gasteiger charge is -2.22. The minimum absolute atomic E-state index is 0.319. The Bertz CT molecular complexity index is 51.3.